The number of carbonyl (C=O) groups excluding carboxylic acids is 1. The predicted octanol–water partition coefficient (Wildman–Crippen LogP) is 0.932. The van der Waals surface area contributed by atoms with E-state index < -0.39 is 0 Å². The summed E-state index contributed by atoms with van der Waals surface area (Å²) in [5.41, 5.74) is 0.543. The van der Waals surface area contributed by atoms with Crippen LogP contribution in [0.2, 0.25) is 0 Å². The molecule has 0 unspecified atom stereocenters. The number of nitrogens with one attached hydrogen (secondary N) is 2. The van der Waals surface area contributed by atoms with Crippen molar-refractivity contribution in [1.82, 2.24) is 15.3 Å². The van der Waals surface area contributed by atoms with Crippen molar-refractivity contribution in [1.29, 1.82) is 0 Å². The first-order valence-corrected chi connectivity index (χ1v) is 5.20. The van der Waals surface area contributed by atoms with Gasteiger partial charge in [-0.15, -0.1) is 0 Å². The smallest absolute Gasteiger partial charge is 0.238 e. The zero-order chi connectivity index (χ0) is 12.2. The molecule has 0 bridgehead atoms. The second-order valence-corrected chi connectivity index (χ2v) is 4.62. The molecule has 1 rings (SSSR count). The fraction of sp³-hybridized carbons (Fsp3) is 0.545. The Morgan fingerprint density at radius 2 is 1.88 bits per heavy atom. The van der Waals surface area contributed by atoms with Crippen LogP contribution in [-0.2, 0) is 10.2 Å². The average molecular weight is 222 g/mol. The monoisotopic (exact) mass is 222 g/mol. The molecule has 5 nitrogen and oxygen atoms in total. The molecule has 16 heavy (non-hydrogen) atoms. The summed E-state index contributed by atoms with van der Waals surface area (Å²) in [6.07, 6.45) is 3.25. The van der Waals surface area contributed by atoms with Crippen LogP contribution in [0, 0.1) is 0 Å². The molecule has 0 saturated carbocycles. The summed E-state index contributed by atoms with van der Waals surface area (Å²) in [5.74, 6) is 0.661. The standard InChI is InChI=1S/C11H18N4O/c1-11(2,3)10-13-5-8(6-14-10)15-9(16)7-12-4/h5-6,12H,7H2,1-4H3,(H,15,16). The molecule has 0 fully saturated rings. The fourth-order valence-electron chi connectivity index (χ4n) is 1.15. The van der Waals surface area contributed by atoms with Crippen LogP contribution in [-0.4, -0.2) is 29.5 Å². The minimum absolute atomic E-state index is 0.0759. The Kier molecular flexibility index (Phi) is 3.95. The Hall–Kier alpha value is -1.49. The van der Waals surface area contributed by atoms with Gasteiger partial charge in [0.25, 0.3) is 0 Å². The topological polar surface area (TPSA) is 66.9 Å². The molecular formula is C11H18N4O. The molecule has 1 heterocycles. The lowest BCUT2D eigenvalue weighted by Gasteiger charge is -2.16. The Balaban J connectivity index is 2.69. The highest BCUT2D eigenvalue weighted by molar-refractivity contribution is 5.91. The van der Waals surface area contributed by atoms with Crippen molar-refractivity contribution in [2.75, 3.05) is 18.9 Å². The highest BCUT2D eigenvalue weighted by atomic mass is 16.1. The molecule has 0 saturated heterocycles. The molecule has 1 aromatic rings. The number of amides is 1. The molecule has 0 aliphatic rings. The molecule has 1 amide bonds. The second-order valence-electron chi connectivity index (χ2n) is 4.62. The molecule has 0 atom stereocenters. The molecule has 0 aliphatic heterocycles. The van der Waals surface area contributed by atoms with Crippen molar-refractivity contribution in [2.45, 2.75) is 26.2 Å². The Bertz CT molecular complexity index is 353. The Morgan fingerprint density at radius 3 is 2.31 bits per heavy atom. The van der Waals surface area contributed by atoms with Gasteiger partial charge in [-0.3, -0.25) is 4.79 Å². The van der Waals surface area contributed by atoms with E-state index in [1.165, 1.54) is 0 Å². The molecule has 0 aliphatic carbocycles. The van der Waals surface area contributed by atoms with Gasteiger partial charge in [0.15, 0.2) is 0 Å². The summed E-state index contributed by atoms with van der Waals surface area (Å²) < 4.78 is 0. The van der Waals surface area contributed by atoms with E-state index in [9.17, 15) is 4.79 Å². The van der Waals surface area contributed by atoms with E-state index in [1.807, 2.05) is 20.8 Å². The van der Waals surface area contributed by atoms with Gasteiger partial charge in [-0.2, -0.15) is 0 Å². The second kappa shape index (κ2) is 5.03. The van der Waals surface area contributed by atoms with E-state index in [0.29, 0.717) is 5.69 Å². The van der Waals surface area contributed by atoms with Gasteiger partial charge >= 0.3 is 0 Å². The van der Waals surface area contributed by atoms with E-state index >= 15 is 0 Å². The van der Waals surface area contributed by atoms with Crippen molar-refractivity contribution in [2.24, 2.45) is 0 Å². The molecular weight excluding hydrogens is 204 g/mol. The molecule has 88 valence electrons. The number of likely N-dealkylation sites (N-methyl/N-ethyl adjacent to an activating group) is 1. The van der Waals surface area contributed by atoms with Gasteiger partial charge in [-0.05, 0) is 7.05 Å². The van der Waals surface area contributed by atoms with Crippen molar-refractivity contribution in [3.05, 3.63) is 18.2 Å². The number of nitrogens with zero attached hydrogens (tertiary/aromatic N) is 2. The molecule has 5 heteroatoms. The molecule has 0 spiro atoms. The quantitative estimate of drug-likeness (QED) is 0.798. The van der Waals surface area contributed by atoms with E-state index in [2.05, 4.69) is 20.6 Å². The first-order valence-electron chi connectivity index (χ1n) is 5.20. The third kappa shape index (κ3) is 3.58. The van der Waals surface area contributed by atoms with Crippen LogP contribution in [0.3, 0.4) is 0 Å². The van der Waals surface area contributed by atoms with Gasteiger partial charge in [-0.25, -0.2) is 9.97 Å². The van der Waals surface area contributed by atoms with Gasteiger partial charge in [0.2, 0.25) is 5.91 Å². The van der Waals surface area contributed by atoms with Gasteiger partial charge in [-0.1, -0.05) is 20.8 Å². The average Bonchev–Trinajstić information content (AvgIpc) is 2.17. The number of rotatable bonds is 3. The molecule has 0 aromatic carbocycles. The van der Waals surface area contributed by atoms with Gasteiger partial charge < -0.3 is 10.6 Å². The number of carbonyl (C=O) groups is 1. The summed E-state index contributed by atoms with van der Waals surface area (Å²) in [6, 6.07) is 0. The fourth-order valence-corrected chi connectivity index (χ4v) is 1.15. The molecule has 2 N–H and O–H groups in total. The number of hydrogen-bond acceptors (Lipinski definition) is 4. The number of aromatic nitrogens is 2. The van der Waals surface area contributed by atoms with E-state index in [0.717, 1.165) is 5.82 Å². The summed E-state index contributed by atoms with van der Waals surface area (Å²) in [4.78, 5) is 19.7. The molecule has 0 radical (unpaired) electrons. The highest BCUT2D eigenvalue weighted by Gasteiger charge is 2.16. The highest BCUT2D eigenvalue weighted by Crippen LogP contribution is 2.17. The maximum absolute atomic E-state index is 11.3. The predicted molar refractivity (Wildman–Crippen MR) is 63.3 cm³/mol. The SMILES string of the molecule is CNCC(=O)Nc1cnc(C(C)(C)C)nc1. The zero-order valence-electron chi connectivity index (χ0n) is 10.2. The summed E-state index contributed by atoms with van der Waals surface area (Å²) in [5, 5.41) is 5.47. The van der Waals surface area contributed by atoms with Crippen molar-refractivity contribution >= 4 is 11.6 Å². The van der Waals surface area contributed by atoms with E-state index in [-0.39, 0.29) is 17.9 Å². The van der Waals surface area contributed by atoms with E-state index in [4.69, 9.17) is 0 Å². The lowest BCUT2D eigenvalue weighted by molar-refractivity contribution is -0.115. The normalized spacial score (nSPS) is 11.2. The summed E-state index contributed by atoms with van der Waals surface area (Å²) in [7, 11) is 1.72. The Morgan fingerprint density at radius 1 is 1.31 bits per heavy atom. The lowest BCUT2D eigenvalue weighted by Crippen LogP contribution is -2.25. The van der Waals surface area contributed by atoms with Gasteiger partial charge in [0.05, 0.1) is 24.6 Å². The van der Waals surface area contributed by atoms with Crippen LogP contribution in [0.25, 0.3) is 0 Å². The van der Waals surface area contributed by atoms with Gasteiger partial charge in [0, 0.05) is 5.41 Å². The van der Waals surface area contributed by atoms with Crippen LogP contribution in [0.5, 0.6) is 0 Å². The van der Waals surface area contributed by atoms with Crippen LogP contribution in [0.1, 0.15) is 26.6 Å². The minimum atomic E-state index is -0.102. The van der Waals surface area contributed by atoms with Gasteiger partial charge in [0.1, 0.15) is 5.82 Å². The van der Waals surface area contributed by atoms with Crippen molar-refractivity contribution in [3.8, 4) is 0 Å². The maximum Gasteiger partial charge on any atom is 0.238 e. The zero-order valence-corrected chi connectivity index (χ0v) is 10.2. The van der Waals surface area contributed by atoms with Crippen molar-refractivity contribution in [3.63, 3.8) is 0 Å². The number of hydrogen-bond donors (Lipinski definition) is 2. The van der Waals surface area contributed by atoms with Crippen LogP contribution in [0.4, 0.5) is 5.69 Å². The van der Waals surface area contributed by atoms with Crippen LogP contribution in [0.15, 0.2) is 12.4 Å². The third-order valence-corrected chi connectivity index (χ3v) is 1.94. The summed E-state index contributed by atoms with van der Waals surface area (Å²) >= 11 is 0. The Labute approximate surface area is 95.7 Å². The largest absolute Gasteiger partial charge is 0.322 e. The lowest BCUT2D eigenvalue weighted by atomic mass is 9.96. The van der Waals surface area contributed by atoms with Crippen molar-refractivity contribution < 1.29 is 4.79 Å². The first kappa shape index (κ1) is 12.6. The maximum atomic E-state index is 11.3. The first-order chi connectivity index (χ1) is 7.43. The minimum Gasteiger partial charge on any atom is -0.322 e. The van der Waals surface area contributed by atoms with Crippen LogP contribution >= 0.6 is 0 Å². The third-order valence-electron chi connectivity index (χ3n) is 1.94. The van der Waals surface area contributed by atoms with E-state index in [1.54, 1.807) is 19.4 Å². The molecule has 1 aromatic heterocycles. The number of anilines is 1. The summed E-state index contributed by atoms with van der Waals surface area (Å²) in [6.45, 7) is 6.41. The van der Waals surface area contributed by atoms with Crippen LogP contribution < -0.4 is 10.6 Å².